The second kappa shape index (κ2) is 4.96. The van der Waals surface area contributed by atoms with E-state index < -0.39 is 17.7 Å². The van der Waals surface area contributed by atoms with Crippen molar-refractivity contribution in [3.63, 3.8) is 0 Å². The molecule has 1 aliphatic rings. The molecule has 1 aliphatic heterocycles. The summed E-state index contributed by atoms with van der Waals surface area (Å²) in [6.45, 7) is 2.62. The van der Waals surface area contributed by atoms with Crippen LogP contribution < -0.4 is 0 Å². The van der Waals surface area contributed by atoms with Crippen LogP contribution in [-0.2, 0) is 0 Å². The second-order valence-electron chi connectivity index (χ2n) is 5.01. The number of nitriles is 1. The molecule has 1 aromatic heterocycles. The zero-order chi connectivity index (χ0) is 14.0. The molecule has 1 fully saturated rings. The number of hydrogen-bond donors (Lipinski definition) is 1. The zero-order valence-electron chi connectivity index (χ0n) is 10.5. The summed E-state index contributed by atoms with van der Waals surface area (Å²) in [5.74, 6) is -0.413. The Morgan fingerprint density at radius 3 is 3.00 bits per heavy atom. The highest BCUT2D eigenvalue weighted by atomic mass is 19.3. The predicted octanol–water partition coefficient (Wildman–Crippen LogP) is 2.11. The first-order valence-electron chi connectivity index (χ1n) is 5.99. The smallest absolute Gasteiger partial charge is 0.279 e. The number of rotatable bonds is 2. The molecule has 1 atom stereocenters. The van der Waals surface area contributed by atoms with Gasteiger partial charge in [0.05, 0.1) is 11.5 Å². The first kappa shape index (κ1) is 13.5. The van der Waals surface area contributed by atoms with E-state index in [4.69, 9.17) is 5.26 Å². The van der Waals surface area contributed by atoms with Gasteiger partial charge >= 0.3 is 0 Å². The molecule has 1 amide bonds. The van der Waals surface area contributed by atoms with Crippen molar-refractivity contribution < 1.29 is 13.6 Å². The third-order valence-electron chi connectivity index (χ3n) is 3.31. The van der Waals surface area contributed by atoms with Gasteiger partial charge in [0.25, 0.3) is 12.3 Å². The van der Waals surface area contributed by atoms with Gasteiger partial charge in [0.15, 0.2) is 5.69 Å². The number of aromatic amines is 1. The minimum atomic E-state index is -2.68. The molecule has 1 unspecified atom stereocenters. The molecule has 2 rings (SSSR count). The van der Waals surface area contributed by atoms with Gasteiger partial charge in [-0.15, -0.1) is 0 Å². The highest BCUT2D eigenvalue weighted by molar-refractivity contribution is 5.92. The van der Waals surface area contributed by atoms with Gasteiger partial charge in [-0.1, -0.05) is 0 Å². The number of halogens is 2. The topological polar surface area (TPSA) is 72.8 Å². The fourth-order valence-corrected chi connectivity index (χ4v) is 2.22. The van der Waals surface area contributed by atoms with E-state index in [1.807, 2.05) is 0 Å². The number of aromatic nitrogens is 2. The minimum Gasteiger partial charge on any atom is -0.336 e. The number of carbonyl (C=O) groups excluding carboxylic acids is 1. The molecular weight excluding hydrogens is 254 g/mol. The number of nitrogens with one attached hydrogen (secondary N) is 1. The molecule has 0 aliphatic carbocycles. The highest BCUT2D eigenvalue weighted by Crippen LogP contribution is 2.29. The lowest BCUT2D eigenvalue weighted by Crippen LogP contribution is -2.44. The van der Waals surface area contributed by atoms with Crippen molar-refractivity contribution >= 4 is 5.91 Å². The van der Waals surface area contributed by atoms with Crippen molar-refractivity contribution in [2.24, 2.45) is 5.41 Å². The summed E-state index contributed by atoms with van der Waals surface area (Å²) in [6, 6.07) is 3.26. The van der Waals surface area contributed by atoms with Crippen molar-refractivity contribution in [3.05, 3.63) is 17.5 Å². The Labute approximate surface area is 109 Å². The maximum absolute atomic E-state index is 12.4. The molecule has 7 heteroatoms. The number of amides is 1. The normalized spacial score (nSPS) is 23.4. The van der Waals surface area contributed by atoms with Crippen LogP contribution in [0.2, 0.25) is 0 Å². The Balaban J connectivity index is 2.13. The molecule has 0 radical (unpaired) electrons. The lowest BCUT2D eigenvalue weighted by Gasteiger charge is -2.35. The Bertz CT molecular complexity index is 522. The van der Waals surface area contributed by atoms with Crippen LogP contribution in [0.1, 0.15) is 42.4 Å². The number of hydrogen-bond acceptors (Lipinski definition) is 3. The van der Waals surface area contributed by atoms with Gasteiger partial charge in [0, 0.05) is 13.1 Å². The van der Waals surface area contributed by atoms with Crippen molar-refractivity contribution in [1.82, 2.24) is 15.1 Å². The summed E-state index contributed by atoms with van der Waals surface area (Å²) in [5.41, 5.74) is -0.976. The lowest BCUT2D eigenvalue weighted by molar-refractivity contribution is 0.0624. The van der Waals surface area contributed by atoms with Crippen LogP contribution in [0.3, 0.4) is 0 Å². The minimum absolute atomic E-state index is 0.0301. The van der Waals surface area contributed by atoms with Gasteiger partial charge in [-0.05, 0) is 25.8 Å². The number of nitrogens with zero attached hydrogens (tertiary/aromatic N) is 3. The summed E-state index contributed by atoms with van der Waals surface area (Å²) in [4.78, 5) is 13.6. The monoisotopic (exact) mass is 268 g/mol. The van der Waals surface area contributed by atoms with Crippen molar-refractivity contribution in [2.75, 3.05) is 13.1 Å². The molecule has 0 aromatic carbocycles. The summed E-state index contributed by atoms with van der Waals surface area (Å²) < 4.78 is 24.8. The van der Waals surface area contributed by atoms with Gasteiger partial charge in [0.2, 0.25) is 0 Å². The van der Waals surface area contributed by atoms with E-state index in [2.05, 4.69) is 16.3 Å². The third-order valence-corrected chi connectivity index (χ3v) is 3.31. The molecule has 2 heterocycles. The fraction of sp³-hybridized carbons (Fsp3) is 0.583. The van der Waals surface area contributed by atoms with E-state index in [1.165, 1.54) is 4.90 Å². The van der Waals surface area contributed by atoms with Gasteiger partial charge in [0.1, 0.15) is 5.69 Å². The number of H-pyrrole nitrogens is 1. The molecular formula is C12H14F2N4O. The van der Waals surface area contributed by atoms with E-state index in [0.717, 1.165) is 18.9 Å². The van der Waals surface area contributed by atoms with Crippen LogP contribution in [-0.4, -0.2) is 34.1 Å². The van der Waals surface area contributed by atoms with Gasteiger partial charge in [-0.25, -0.2) is 8.78 Å². The molecule has 1 N–H and O–H groups in total. The van der Waals surface area contributed by atoms with E-state index in [1.54, 1.807) is 6.92 Å². The Hall–Kier alpha value is -1.97. The zero-order valence-corrected chi connectivity index (χ0v) is 10.5. The van der Waals surface area contributed by atoms with Crippen LogP contribution in [0.15, 0.2) is 6.07 Å². The maximum atomic E-state index is 12.4. The van der Waals surface area contributed by atoms with Crippen LogP contribution in [0.5, 0.6) is 0 Å². The average molecular weight is 268 g/mol. The number of carbonyl (C=O) groups is 1. The van der Waals surface area contributed by atoms with E-state index in [-0.39, 0.29) is 11.4 Å². The summed E-state index contributed by atoms with van der Waals surface area (Å²) in [6.07, 6.45) is -1.22. The van der Waals surface area contributed by atoms with Gasteiger partial charge in [-0.2, -0.15) is 10.4 Å². The van der Waals surface area contributed by atoms with Gasteiger partial charge < -0.3 is 4.90 Å². The van der Waals surface area contributed by atoms with Crippen LogP contribution >= 0.6 is 0 Å². The van der Waals surface area contributed by atoms with Crippen molar-refractivity contribution in [2.45, 2.75) is 26.2 Å². The van der Waals surface area contributed by atoms with Crippen LogP contribution in [0, 0.1) is 16.7 Å². The molecule has 5 nitrogen and oxygen atoms in total. The Kier molecular flexibility index (Phi) is 3.51. The van der Waals surface area contributed by atoms with E-state index in [0.29, 0.717) is 13.1 Å². The van der Waals surface area contributed by atoms with Crippen LogP contribution in [0.4, 0.5) is 8.78 Å². The van der Waals surface area contributed by atoms with Gasteiger partial charge in [-0.3, -0.25) is 9.89 Å². The van der Waals surface area contributed by atoms with E-state index >= 15 is 0 Å². The molecule has 0 saturated carbocycles. The largest absolute Gasteiger partial charge is 0.336 e. The lowest BCUT2D eigenvalue weighted by atomic mass is 9.83. The highest BCUT2D eigenvalue weighted by Gasteiger charge is 2.34. The summed E-state index contributed by atoms with van der Waals surface area (Å²) in [5, 5.41) is 14.8. The Morgan fingerprint density at radius 1 is 1.68 bits per heavy atom. The van der Waals surface area contributed by atoms with Crippen LogP contribution in [0.25, 0.3) is 0 Å². The predicted molar refractivity (Wildman–Crippen MR) is 62.4 cm³/mol. The molecule has 1 aromatic rings. The average Bonchev–Trinajstić information content (AvgIpc) is 2.87. The first-order valence-corrected chi connectivity index (χ1v) is 5.99. The number of piperidine rings is 1. The first-order chi connectivity index (χ1) is 8.95. The fourth-order valence-electron chi connectivity index (χ4n) is 2.22. The second-order valence-corrected chi connectivity index (χ2v) is 5.01. The quantitative estimate of drug-likeness (QED) is 0.892. The molecule has 0 spiro atoms. The Morgan fingerprint density at radius 2 is 2.42 bits per heavy atom. The SMILES string of the molecule is CC1(C#N)CCCN(C(=O)c2cc(C(F)F)[nH]n2)C1. The van der Waals surface area contributed by atoms with Crippen molar-refractivity contribution in [3.8, 4) is 6.07 Å². The van der Waals surface area contributed by atoms with Crippen molar-refractivity contribution in [1.29, 1.82) is 5.26 Å². The number of alkyl halides is 2. The standard InChI is InChI=1S/C12H14F2N4O/c1-12(6-15)3-2-4-18(7-12)11(19)9-5-8(10(13)14)16-17-9/h5,10H,2-4,7H2,1H3,(H,16,17). The number of likely N-dealkylation sites (tertiary alicyclic amines) is 1. The third kappa shape index (κ3) is 2.72. The summed E-state index contributed by atoms with van der Waals surface area (Å²) >= 11 is 0. The molecule has 0 bridgehead atoms. The van der Waals surface area contributed by atoms with E-state index in [9.17, 15) is 13.6 Å². The molecule has 1 saturated heterocycles. The summed E-state index contributed by atoms with van der Waals surface area (Å²) in [7, 11) is 0. The molecule has 102 valence electrons. The molecule has 19 heavy (non-hydrogen) atoms. The maximum Gasteiger partial charge on any atom is 0.279 e.